The molecule has 90 valence electrons. The Morgan fingerprint density at radius 2 is 1.29 bits per heavy atom. The molecule has 0 unspecified atom stereocenters. The van der Waals surface area contributed by atoms with Gasteiger partial charge < -0.3 is 15.3 Å². The molecule has 0 fully saturated rings. The van der Waals surface area contributed by atoms with E-state index in [-0.39, 0.29) is 11.5 Å². The average molecular weight is 232 g/mol. The second kappa shape index (κ2) is 5.80. The summed E-state index contributed by atoms with van der Waals surface area (Å²) in [6, 6.07) is 11.8. The van der Waals surface area contributed by atoms with Crippen molar-refractivity contribution < 1.29 is 15.3 Å². The Bertz CT molecular complexity index is 472. The Morgan fingerprint density at radius 1 is 0.706 bits per heavy atom. The summed E-state index contributed by atoms with van der Waals surface area (Å²) >= 11 is 0. The maximum atomic E-state index is 8.94. The lowest BCUT2D eigenvalue weighted by molar-refractivity contribution is 0.448. The molecule has 0 amide bonds. The van der Waals surface area contributed by atoms with Gasteiger partial charge in [0.25, 0.3) is 0 Å². The monoisotopic (exact) mass is 232 g/mol. The Morgan fingerprint density at radius 3 is 1.71 bits per heavy atom. The highest BCUT2D eigenvalue weighted by molar-refractivity contribution is 5.37. The number of phenols is 3. The fraction of sp³-hybridized carbons (Fsp3) is 0.143. The summed E-state index contributed by atoms with van der Waals surface area (Å²) < 4.78 is 0. The van der Waals surface area contributed by atoms with Crippen molar-refractivity contribution in [2.75, 3.05) is 0 Å². The van der Waals surface area contributed by atoms with Crippen LogP contribution in [0.15, 0.2) is 42.5 Å². The summed E-state index contributed by atoms with van der Waals surface area (Å²) in [5.41, 5.74) is 1.69. The molecule has 3 N–H and O–H groups in total. The third-order valence-corrected chi connectivity index (χ3v) is 2.31. The summed E-state index contributed by atoms with van der Waals surface area (Å²) in [6.07, 6.45) is 0. The molecule has 0 spiro atoms. The maximum absolute atomic E-state index is 8.94. The van der Waals surface area contributed by atoms with Crippen LogP contribution in [0.2, 0.25) is 0 Å². The van der Waals surface area contributed by atoms with Crippen molar-refractivity contribution in [3.8, 4) is 17.2 Å². The largest absolute Gasteiger partial charge is 0.508 e. The molecule has 17 heavy (non-hydrogen) atoms. The minimum atomic E-state index is 0.0955. The standard InChI is InChI=1S/C7H8O2.C7H8O/c1-5-2-3-6(8)4-7(5)9;1-6-4-2-3-5-7(6)8/h2-4,8-9H,1H3;2-5,8H,1H3. The lowest BCUT2D eigenvalue weighted by Crippen LogP contribution is -1.71. The van der Waals surface area contributed by atoms with Gasteiger partial charge in [0.05, 0.1) is 0 Å². The Labute approximate surface area is 101 Å². The molecular weight excluding hydrogens is 216 g/mol. The van der Waals surface area contributed by atoms with E-state index in [0.29, 0.717) is 5.75 Å². The van der Waals surface area contributed by atoms with Gasteiger partial charge in [-0.1, -0.05) is 24.3 Å². The smallest absolute Gasteiger partial charge is 0.122 e. The fourth-order valence-electron chi connectivity index (χ4n) is 1.16. The Balaban J connectivity index is 0.000000171. The van der Waals surface area contributed by atoms with E-state index in [1.54, 1.807) is 19.1 Å². The zero-order valence-corrected chi connectivity index (χ0v) is 9.88. The number of hydrogen-bond donors (Lipinski definition) is 3. The van der Waals surface area contributed by atoms with Crippen LogP contribution in [0.4, 0.5) is 0 Å². The highest BCUT2D eigenvalue weighted by Gasteiger charge is 1.93. The quantitative estimate of drug-likeness (QED) is 0.654. The van der Waals surface area contributed by atoms with Crippen LogP contribution in [-0.4, -0.2) is 15.3 Å². The number of aromatic hydroxyl groups is 3. The first kappa shape index (κ1) is 12.9. The van der Waals surface area contributed by atoms with Crippen molar-refractivity contribution in [3.05, 3.63) is 53.6 Å². The predicted octanol–water partition coefficient (Wildman–Crippen LogP) is 3.11. The third-order valence-electron chi connectivity index (χ3n) is 2.31. The first-order valence-electron chi connectivity index (χ1n) is 5.24. The molecule has 0 saturated heterocycles. The van der Waals surface area contributed by atoms with Crippen LogP contribution in [0.25, 0.3) is 0 Å². The van der Waals surface area contributed by atoms with Gasteiger partial charge in [0.15, 0.2) is 0 Å². The van der Waals surface area contributed by atoms with E-state index in [1.165, 1.54) is 12.1 Å². The molecule has 0 radical (unpaired) electrons. The van der Waals surface area contributed by atoms with Crippen molar-refractivity contribution in [2.24, 2.45) is 0 Å². The lowest BCUT2D eigenvalue weighted by atomic mass is 10.2. The molecule has 0 aliphatic carbocycles. The first-order chi connectivity index (χ1) is 8.00. The van der Waals surface area contributed by atoms with Crippen molar-refractivity contribution in [1.29, 1.82) is 0 Å². The summed E-state index contributed by atoms with van der Waals surface area (Å²) in [6.45, 7) is 3.64. The number of aryl methyl sites for hydroxylation is 2. The van der Waals surface area contributed by atoms with Crippen LogP contribution in [0, 0.1) is 13.8 Å². The number of phenolic OH excluding ortho intramolecular Hbond substituents is 3. The molecular formula is C14H16O3. The van der Waals surface area contributed by atoms with Crippen molar-refractivity contribution >= 4 is 0 Å². The molecule has 3 heteroatoms. The molecule has 3 nitrogen and oxygen atoms in total. The van der Waals surface area contributed by atoms with Crippen LogP contribution < -0.4 is 0 Å². The van der Waals surface area contributed by atoms with Gasteiger partial charge in [-0.05, 0) is 37.1 Å². The van der Waals surface area contributed by atoms with Crippen LogP contribution >= 0.6 is 0 Å². The molecule has 0 aliphatic heterocycles. The zero-order chi connectivity index (χ0) is 12.8. The van der Waals surface area contributed by atoms with Gasteiger partial charge in [-0.3, -0.25) is 0 Å². The van der Waals surface area contributed by atoms with Crippen molar-refractivity contribution in [1.82, 2.24) is 0 Å². The minimum Gasteiger partial charge on any atom is -0.508 e. The summed E-state index contributed by atoms with van der Waals surface area (Å²) in [5.74, 6) is 0.598. The third kappa shape index (κ3) is 4.07. The SMILES string of the molecule is Cc1ccc(O)cc1O.Cc1ccccc1O. The van der Waals surface area contributed by atoms with E-state index in [4.69, 9.17) is 15.3 Å². The summed E-state index contributed by atoms with van der Waals surface area (Å²) in [4.78, 5) is 0. The minimum absolute atomic E-state index is 0.0955. The van der Waals surface area contributed by atoms with E-state index >= 15 is 0 Å². The van der Waals surface area contributed by atoms with Gasteiger partial charge in [0, 0.05) is 6.07 Å². The number of benzene rings is 2. The summed E-state index contributed by atoms with van der Waals surface area (Å²) in [7, 11) is 0. The number of hydrogen-bond acceptors (Lipinski definition) is 3. The van der Waals surface area contributed by atoms with Gasteiger partial charge in [-0.2, -0.15) is 0 Å². The van der Waals surface area contributed by atoms with Crippen molar-refractivity contribution in [2.45, 2.75) is 13.8 Å². The Hall–Kier alpha value is -2.16. The second-order valence-corrected chi connectivity index (χ2v) is 3.76. The normalized spacial score (nSPS) is 9.29. The Kier molecular flexibility index (Phi) is 4.40. The highest BCUT2D eigenvalue weighted by atomic mass is 16.3. The van der Waals surface area contributed by atoms with Crippen molar-refractivity contribution in [3.63, 3.8) is 0 Å². The van der Waals surface area contributed by atoms with Gasteiger partial charge in [-0.25, -0.2) is 0 Å². The van der Waals surface area contributed by atoms with E-state index < -0.39 is 0 Å². The average Bonchev–Trinajstić information content (AvgIpc) is 2.29. The molecule has 0 atom stereocenters. The highest BCUT2D eigenvalue weighted by Crippen LogP contribution is 2.20. The van der Waals surface area contributed by atoms with Gasteiger partial charge >= 0.3 is 0 Å². The topological polar surface area (TPSA) is 60.7 Å². The fourth-order valence-corrected chi connectivity index (χ4v) is 1.16. The molecule has 2 aromatic carbocycles. The van der Waals surface area contributed by atoms with E-state index in [0.717, 1.165) is 11.1 Å². The molecule has 0 bridgehead atoms. The molecule has 0 aliphatic rings. The van der Waals surface area contributed by atoms with E-state index in [2.05, 4.69) is 0 Å². The molecule has 0 saturated carbocycles. The summed E-state index contributed by atoms with van der Waals surface area (Å²) in [5, 5.41) is 26.6. The lowest BCUT2D eigenvalue weighted by Gasteiger charge is -1.96. The maximum Gasteiger partial charge on any atom is 0.122 e. The van der Waals surface area contributed by atoms with Gasteiger partial charge in [-0.15, -0.1) is 0 Å². The molecule has 0 aromatic heterocycles. The second-order valence-electron chi connectivity index (χ2n) is 3.76. The number of rotatable bonds is 0. The molecule has 2 aromatic rings. The van der Waals surface area contributed by atoms with E-state index in [9.17, 15) is 0 Å². The van der Waals surface area contributed by atoms with Crippen LogP contribution in [0.1, 0.15) is 11.1 Å². The number of para-hydroxylation sites is 1. The van der Waals surface area contributed by atoms with Crippen LogP contribution in [0.3, 0.4) is 0 Å². The molecule has 2 rings (SSSR count). The van der Waals surface area contributed by atoms with E-state index in [1.807, 2.05) is 25.1 Å². The van der Waals surface area contributed by atoms with Gasteiger partial charge in [0.2, 0.25) is 0 Å². The predicted molar refractivity (Wildman–Crippen MR) is 67.4 cm³/mol. The van der Waals surface area contributed by atoms with Crippen LogP contribution in [0.5, 0.6) is 17.2 Å². The zero-order valence-electron chi connectivity index (χ0n) is 9.88. The first-order valence-corrected chi connectivity index (χ1v) is 5.24. The molecule has 0 heterocycles. The van der Waals surface area contributed by atoms with Gasteiger partial charge in [0.1, 0.15) is 17.2 Å². The van der Waals surface area contributed by atoms with Crippen LogP contribution in [-0.2, 0) is 0 Å².